The summed E-state index contributed by atoms with van der Waals surface area (Å²) in [6.45, 7) is 6.42. The summed E-state index contributed by atoms with van der Waals surface area (Å²) in [7, 11) is -3.31. The minimum absolute atomic E-state index is 0.106. The molecule has 1 aliphatic heterocycles. The minimum atomic E-state index is -3.31. The quantitative estimate of drug-likeness (QED) is 0.595. The summed E-state index contributed by atoms with van der Waals surface area (Å²) < 4.78 is 29.0. The molecule has 0 N–H and O–H groups in total. The van der Waals surface area contributed by atoms with E-state index in [0.717, 1.165) is 41.8 Å². The van der Waals surface area contributed by atoms with Gasteiger partial charge in [-0.15, -0.1) is 0 Å². The molecule has 0 unspecified atom stereocenters. The topological polar surface area (TPSA) is 89.2 Å². The molecule has 0 aliphatic carbocycles. The molecule has 158 valence electrons. The van der Waals surface area contributed by atoms with Crippen LogP contribution in [0.15, 0.2) is 46.0 Å². The SMILES string of the molecule is Cc1oc(-c2ccc(-c3ncc(S(C)(=O)=O)cn3)cc2)nc1CCN1CCC[C@H]1C. The monoisotopic (exact) mass is 426 g/mol. The first kappa shape index (κ1) is 20.7. The molecule has 1 aliphatic rings. The first-order valence-electron chi connectivity index (χ1n) is 10.1. The maximum absolute atomic E-state index is 11.5. The zero-order valence-corrected chi connectivity index (χ0v) is 18.3. The van der Waals surface area contributed by atoms with E-state index in [-0.39, 0.29) is 4.90 Å². The van der Waals surface area contributed by atoms with Gasteiger partial charge in [0.05, 0.1) is 5.69 Å². The van der Waals surface area contributed by atoms with Gasteiger partial charge in [0, 0.05) is 48.8 Å². The van der Waals surface area contributed by atoms with E-state index in [4.69, 9.17) is 9.40 Å². The number of sulfone groups is 1. The summed E-state index contributed by atoms with van der Waals surface area (Å²) in [5.41, 5.74) is 2.69. The van der Waals surface area contributed by atoms with Crippen molar-refractivity contribution in [3.05, 3.63) is 48.1 Å². The lowest BCUT2D eigenvalue weighted by molar-refractivity contribution is 0.271. The van der Waals surface area contributed by atoms with Gasteiger partial charge in [-0.1, -0.05) is 12.1 Å². The highest BCUT2D eigenvalue weighted by Gasteiger charge is 2.21. The van der Waals surface area contributed by atoms with Gasteiger partial charge in [0.25, 0.3) is 0 Å². The Balaban J connectivity index is 1.47. The van der Waals surface area contributed by atoms with Crippen LogP contribution in [0.1, 0.15) is 31.2 Å². The van der Waals surface area contributed by atoms with Crippen LogP contribution in [0.5, 0.6) is 0 Å². The highest BCUT2D eigenvalue weighted by molar-refractivity contribution is 7.90. The smallest absolute Gasteiger partial charge is 0.226 e. The van der Waals surface area contributed by atoms with Crippen molar-refractivity contribution >= 4 is 9.84 Å². The third kappa shape index (κ3) is 4.44. The van der Waals surface area contributed by atoms with Crippen molar-refractivity contribution < 1.29 is 12.8 Å². The highest BCUT2D eigenvalue weighted by Crippen LogP contribution is 2.25. The lowest BCUT2D eigenvalue weighted by Crippen LogP contribution is -2.29. The molecule has 7 nitrogen and oxygen atoms in total. The van der Waals surface area contributed by atoms with Crippen molar-refractivity contribution in [1.82, 2.24) is 19.9 Å². The fraction of sp³-hybridized carbons (Fsp3) is 0.409. The average molecular weight is 427 g/mol. The Morgan fingerprint density at radius 3 is 2.40 bits per heavy atom. The molecule has 3 heterocycles. The van der Waals surface area contributed by atoms with Crippen molar-refractivity contribution in [2.75, 3.05) is 19.3 Å². The molecular formula is C22H26N4O3S. The molecule has 4 rings (SSSR count). The Hall–Kier alpha value is -2.58. The lowest BCUT2D eigenvalue weighted by atomic mass is 10.1. The molecule has 1 fully saturated rings. The third-order valence-corrected chi connectivity index (χ3v) is 6.73. The number of rotatable bonds is 6. The average Bonchev–Trinajstić information content (AvgIpc) is 3.31. The zero-order chi connectivity index (χ0) is 21.3. The van der Waals surface area contributed by atoms with Gasteiger partial charge in [-0.05, 0) is 45.4 Å². The van der Waals surface area contributed by atoms with Gasteiger partial charge in [-0.25, -0.2) is 23.4 Å². The number of hydrogen-bond acceptors (Lipinski definition) is 7. The van der Waals surface area contributed by atoms with Crippen LogP contribution >= 0.6 is 0 Å². The molecule has 1 atom stereocenters. The van der Waals surface area contributed by atoms with Gasteiger partial charge in [0.1, 0.15) is 10.7 Å². The highest BCUT2D eigenvalue weighted by atomic mass is 32.2. The molecule has 0 spiro atoms. The van der Waals surface area contributed by atoms with Crippen molar-refractivity contribution in [3.63, 3.8) is 0 Å². The summed E-state index contributed by atoms with van der Waals surface area (Å²) in [6, 6.07) is 8.26. The molecule has 2 aromatic heterocycles. The number of nitrogens with zero attached hydrogens (tertiary/aromatic N) is 4. The van der Waals surface area contributed by atoms with Crippen LogP contribution < -0.4 is 0 Å². The van der Waals surface area contributed by atoms with Gasteiger partial charge in [0.2, 0.25) is 5.89 Å². The Bertz CT molecular complexity index is 1120. The Labute approximate surface area is 177 Å². The normalized spacial score (nSPS) is 17.5. The maximum atomic E-state index is 11.5. The van der Waals surface area contributed by atoms with E-state index >= 15 is 0 Å². The summed E-state index contributed by atoms with van der Waals surface area (Å²) in [4.78, 5) is 15.7. The van der Waals surface area contributed by atoms with E-state index in [2.05, 4.69) is 21.8 Å². The zero-order valence-electron chi connectivity index (χ0n) is 17.5. The maximum Gasteiger partial charge on any atom is 0.226 e. The van der Waals surface area contributed by atoms with E-state index in [1.165, 1.54) is 31.8 Å². The van der Waals surface area contributed by atoms with E-state index in [9.17, 15) is 8.42 Å². The molecule has 1 aromatic carbocycles. The Kier molecular flexibility index (Phi) is 5.71. The standard InChI is InChI=1S/C22H26N4O3S/c1-15-5-4-11-26(15)12-10-20-16(2)29-22(25-20)18-8-6-17(7-9-18)21-23-13-19(14-24-21)30(3,27)28/h6-9,13-15H,4-5,10-12H2,1-3H3/t15-/m1/s1. The second-order valence-electron chi connectivity index (χ2n) is 7.89. The second-order valence-corrected chi connectivity index (χ2v) is 9.91. The van der Waals surface area contributed by atoms with Crippen LogP contribution in [0.4, 0.5) is 0 Å². The summed E-state index contributed by atoms with van der Waals surface area (Å²) in [5, 5.41) is 0. The largest absolute Gasteiger partial charge is 0.441 e. The van der Waals surface area contributed by atoms with E-state index < -0.39 is 9.84 Å². The number of benzene rings is 1. The van der Waals surface area contributed by atoms with E-state index in [1.807, 2.05) is 31.2 Å². The van der Waals surface area contributed by atoms with Crippen LogP contribution in [0.25, 0.3) is 22.8 Å². The van der Waals surface area contributed by atoms with Crippen LogP contribution in [0, 0.1) is 6.92 Å². The number of likely N-dealkylation sites (tertiary alicyclic amines) is 1. The van der Waals surface area contributed by atoms with E-state index in [1.54, 1.807) is 0 Å². The molecule has 0 saturated carbocycles. The van der Waals surface area contributed by atoms with Crippen LogP contribution in [0.2, 0.25) is 0 Å². The number of aromatic nitrogens is 3. The van der Waals surface area contributed by atoms with Gasteiger partial charge >= 0.3 is 0 Å². The fourth-order valence-electron chi connectivity index (χ4n) is 3.78. The molecule has 0 radical (unpaired) electrons. The van der Waals surface area contributed by atoms with Gasteiger partial charge in [-0.3, -0.25) is 0 Å². The second kappa shape index (κ2) is 8.28. The van der Waals surface area contributed by atoms with E-state index in [0.29, 0.717) is 17.8 Å². The molecule has 1 saturated heterocycles. The Morgan fingerprint density at radius 2 is 1.80 bits per heavy atom. The lowest BCUT2D eigenvalue weighted by Gasteiger charge is -2.20. The number of hydrogen-bond donors (Lipinski definition) is 0. The van der Waals surface area contributed by atoms with Crippen LogP contribution in [0.3, 0.4) is 0 Å². The van der Waals surface area contributed by atoms with Gasteiger partial charge < -0.3 is 9.32 Å². The summed E-state index contributed by atoms with van der Waals surface area (Å²) in [5.74, 6) is 1.94. The number of oxazole rings is 1. The van der Waals surface area contributed by atoms with Crippen LogP contribution in [-0.4, -0.2) is 53.7 Å². The predicted molar refractivity (Wildman–Crippen MR) is 115 cm³/mol. The van der Waals surface area contributed by atoms with Crippen molar-refractivity contribution in [1.29, 1.82) is 0 Å². The fourth-order valence-corrected chi connectivity index (χ4v) is 4.26. The molecule has 30 heavy (non-hydrogen) atoms. The summed E-state index contributed by atoms with van der Waals surface area (Å²) in [6.07, 6.45) is 7.23. The van der Waals surface area contributed by atoms with Gasteiger partial charge in [0.15, 0.2) is 15.7 Å². The van der Waals surface area contributed by atoms with Crippen LogP contribution in [-0.2, 0) is 16.3 Å². The molecule has 0 amide bonds. The predicted octanol–water partition coefficient (Wildman–Crippen LogP) is 3.54. The minimum Gasteiger partial charge on any atom is -0.441 e. The number of aryl methyl sites for hydroxylation is 1. The van der Waals surface area contributed by atoms with Gasteiger partial charge in [-0.2, -0.15) is 0 Å². The van der Waals surface area contributed by atoms with Crippen molar-refractivity contribution in [2.45, 2.75) is 44.0 Å². The molecule has 3 aromatic rings. The molecule has 8 heteroatoms. The first-order chi connectivity index (χ1) is 14.3. The first-order valence-corrected chi connectivity index (χ1v) is 12.0. The molecular weight excluding hydrogens is 400 g/mol. The van der Waals surface area contributed by atoms with Crippen molar-refractivity contribution in [3.8, 4) is 22.8 Å². The molecule has 0 bridgehead atoms. The third-order valence-electron chi connectivity index (χ3n) is 5.67. The Morgan fingerprint density at radius 1 is 1.13 bits per heavy atom. The summed E-state index contributed by atoms with van der Waals surface area (Å²) >= 11 is 0. The van der Waals surface area contributed by atoms with Crippen molar-refractivity contribution in [2.24, 2.45) is 0 Å².